The number of methoxy groups -OCH3 is 1. The molecule has 0 aromatic heterocycles. The zero-order valence-electron chi connectivity index (χ0n) is 13.3. The van der Waals surface area contributed by atoms with E-state index in [9.17, 15) is 13.2 Å². The van der Waals surface area contributed by atoms with Crippen LogP contribution in [0.2, 0.25) is 0 Å². The summed E-state index contributed by atoms with van der Waals surface area (Å²) in [5.74, 6) is 0.355. The van der Waals surface area contributed by atoms with Crippen LogP contribution in [0.15, 0.2) is 59.5 Å². The highest BCUT2D eigenvalue weighted by atomic mass is 32.2. The van der Waals surface area contributed by atoms with E-state index in [0.29, 0.717) is 17.0 Å². The molecule has 0 aliphatic rings. The number of benzene rings is 2. The van der Waals surface area contributed by atoms with Crippen LogP contribution in [0.5, 0.6) is 5.75 Å². The van der Waals surface area contributed by atoms with E-state index in [4.69, 9.17) is 4.74 Å². The standard InChI is InChI=1S/C17H18N2O4S/c1-18-24(21,22)16-9-6-13(7-10-16)8-11-17(20)19-14-4-3-5-15(12-14)23-2/h3-12,18H,1-2H3,(H,19,20)/b11-8+. The summed E-state index contributed by atoms with van der Waals surface area (Å²) in [6.07, 6.45) is 2.98. The van der Waals surface area contributed by atoms with Crippen LogP contribution in [0.4, 0.5) is 5.69 Å². The van der Waals surface area contributed by atoms with E-state index in [2.05, 4.69) is 10.0 Å². The maximum atomic E-state index is 11.9. The zero-order chi connectivity index (χ0) is 17.6. The third-order valence-corrected chi connectivity index (χ3v) is 4.65. The number of anilines is 1. The SMILES string of the molecule is CNS(=O)(=O)c1ccc(/C=C/C(=O)Nc2cccc(OC)c2)cc1. The van der Waals surface area contributed by atoms with Gasteiger partial charge in [0.2, 0.25) is 15.9 Å². The van der Waals surface area contributed by atoms with Crippen LogP contribution in [0.1, 0.15) is 5.56 Å². The number of hydrogen-bond acceptors (Lipinski definition) is 4. The lowest BCUT2D eigenvalue weighted by molar-refractivity contribution is -0.111. The molecule has 0 bridgehead atoms. The number of carbonyl (C=O) groups excluding carboxylic acids is 1. The highest BCUT2D eigenvalue weighted by molar-refractivity contribution is 7.89. The lowest BCUT2D eigenvalue weighted by Gasteiger charge is -2.05. The number of rotatable bonds is 6. The number of hydrogen-bond donors (Lipinski definition) is 2. The Morgan fingerprint density at radius 2 is 1.83 bits per heavy atom. The summed E-state index contributed by atoms with van der Waals surface area (Å²) >= 11 is 0. The van der Waals surface area contributed by atoms with Crippen molar-refractivity contribution < 1.29 is 17.9 Å². The Labute approximate surface area is 141 Å². The molecule has 0 saturated heterocycles. The summed E-state index contributed by atoms with van der Waals surface area (Å²) in [6, 6.07) is 13.2. The van der Waals surface area contributed by atoms with Gasteiger partial charge in [0.15, 0.2) is 0 Å². The predicted octanol–water partition coefficient (Wildman–Crippen LogP) is 2.26. The molecule has 0 aliphatic carbocycles. The highest BCUT2D eigenvalue weighted by Crippen LogP contribution is 2.17. The maximum Gasteiger partial charge on any atom is 0.248 e. The van der Waals surface area contributed by atoms with Crippen LogP contribution in [-0.2, 0) is 14.8 Å². The van der Waals surface area contributed by atoms with Gasteiger partial charge >= 0.3 is 0 Å². The molecule has 0 spiro atoms. The van der Waals surface area contributed by atoms with Gasteiger partial charge in [-0.15, -0.1) is 0 Å². The molecule has 1 amide bonds. The van der Waals surface area contributed by atoms with Crippen molar-refractivity contribution in [2.24, 2.45) is 0 Å². The van der Waals surface area contributed by atoms with Crippen LogP contribution < -0.4 is 14.8 Å². The van der Waals surface area contributed by atoms with Gasteiger partial charge < -0.3 is 10.1 Å². The van der Waals surface area contributed by atoms with Crippen LogP contribution >= 0.6 is 0 Å². The van der Waals surface area contributed by atoms with Crippen molar-refractivity contribution in [3.63, 3.8) is 0 Å². The van der Waals surface area contributed by atoms with Crippen molar-refractivity contribution >= 4 is 27.7 Å². The van der Waals surface area contributed by atoms with E-state index in [1.54, 1.807) is 49.6 Å². The molecule has 6 nitrogen and oxygen atoms in total. The third-order valence-electron chi connectivity index (χ3n) is 3.22. The molecule has 0 fully saturated rings. The van der Waals surface area contributed by atoms with Gasteiger partial charge in [-0.25, -0.2) is 13.1 Å². The predicted molar refractivity (Wildman–Crippen MR) is 93.3 cm³/mol. The zero-order valence-corrected chi connectivity index (χ0v) is 14.1. The molecule has 0 unspecified atom stereocenters. The van der Waals surface area contributed by atoms with Gasteiger partial charge in [0.05, 0.1) is 12.0 Å². The van der Waals surface area contributed by atoms with Gasteiger partial charge in [-0.2, -0.15) is 0 Å². The first-order valence-electron chi connectivity index (χ1n) is 7.11. The quantitative estimate of drug-likeness (QED) is 0.786. The summed E-state index contributed by atoms with van der Waals surface area (Å²) in [7, 11) is -0.551. The van der Waals surface area contributed by atoms with Gasteiger partial charge in [-0.1, -0.05) is 18.2 Å². The van der Waals surface area contributed by atoms with Crippen molar-refractivity contribution in [2.45, 2.75) is 4.90 Å². The van der Waals surface area contributed by atoms with E-state index in [1.165, 1.54) is 25.3 Å². The van der Waals surface area contributed by atoms with Gasteiger partial charge in [0.1, 0.15) is 5.75 Å². The fourth-order valence-corrected chi connectivity index (χ4v) is 2.66. The minimum Gasteiger partial charge on any atom is -0.497 e. The van der Waals surface area contributed by atoms with Crippen molar-refractivity contribution in [3.05, 3.63) is 60.2 Å². The van der Waals surface area contributed by atoms with Crippen LogP contribution in [0.3, 0.4) is 0 Å². The molecule has 2 aromatic carbocycles. The lowest BCUT2D eigenvalue weighted by Crippen LogP contribution is -2.18. The van der Waals surface area contributed by atoms with Gasteiger partial charge in [-0.05, 0) is 43.0 Å². The first-order chi connectivity index (χ1) is 11.4. The summed E-state index contributed by atoms with van der Waals surface area (Å²) in [6.45, 7) is 0. The van der Waals surface area contributed by atoms with Crippen LogP contribution in [-0.4, -0.2) is 28.5 Å². The van der Waals surface area contributed by atoms with E-state index < -0.39 is 10.0 Å². The fourth-order valence-electron chi connectivity index (χ4n) is 1.93. The Balaban J connectivity index is 2.03. The molecule has 0 atom stereocenters. The first-order valence-corrected chi connectivity index (χ1v) is 8.59. The molecule has 2 rings (SSSR count). The van der Waals surface area contributed by atoms with Crippen LogP contribution in [0.25, 0.3) is 6.08 Å². The number of nitrogens with one attached hydrogen (secondary N) is 2. The Bertz CT molecular complexity index is 843. The van der Waals surface area contributed by atoms with E-state index in [1.807, 2.05) is 0 Å². The molecule has 24 heavy (non-hydrogen) atoms. The van der Waals surface area contributed by atoms with Crippen LogP contribution in [0, 0.1) is 0 Å². The normalized spacial score (nSPS) is 11.4. The van der Waals surface area contributed by atoms with Crippen molar-refractivity contribution in [1.29, 1.82) is 0 Å². The molecule has 7 heteroatoms. The summed E-state index contributed by atoms with van der Waals surface area (Å²) in [5, 5.41) is 2.72. The smallest absolute Gasteiger partial charge is 0.248 e. The van der Waals surface area contributed by atoms with Crippen molar-refractivity contribution in [3.8, 4) is 5.75 Å². The van der Waals surface area contributed by atoms with E-state index in [-0.39, 0.29) is 10.8 Å². The topological polar surface area (TPSA) is 84.5 Å². The number of carbonyl (C=O) groups is 1. The third kappa shape index (κ3) is 4.68. The fraction of sp³-hybridized carbons (Fsp3) is 0.118. The Morgan fingerprint density at radius 3 is 2.46 bits per heavy atom. The molecule has 0 aliphatic heterocycles. The Hall–Kier alpha value is -2.64. The Kier molecular flexibility index (Phi) is 5.73. The van der Waals surface area contributed by atoms with Gasteiger partial charge in [-0.3, -0.25) is 4.79 Å². The monoisotopic (exact) mass is 346 g/mol. The Morgan fingerprint density at radius 1 is 1.12 bits per heavy atom. The van der Waals surface area contributed by atoms with Crippen molar-refractivity contribution in [1.82, 2.24) is 4.72 Å². The van der Waals surface area contributed by atoms with Crippen molar-refractivity contribution in [2.75, 3.05) is 19.5 Å². The molecule has 0 saturated carbocycles. The molecular formula is C17H18N2O4S. The lowest BCUT2D eigenvalue weighted by atomic mass is 10.2. The van der Waals surface area contributed by atoms with E-state index >= 15 is 0 Å². The minimum atomic E-state index is -3.46. The maximum absolute atomic E-state index is 11.9. The number of ether oxygens (including phenoxy) is 1. The second kappa shape index (κ2) is 7.76. The average Bonchev–Trinajstić information content (AvgIpc) is 2.60. The molecule has 0 radical (unpaired) electrons. The summed E-state index contributed by atoms with van der Waals surface area (Å²) in [4.78, 5) is 12.1. The largest absolute Gasteiger partial charge is 0.497 e. The molecular weight excluding hydrogens is 328 g/mol. The number of amides is 1. The molecule has 2 aromatic rings. The molecule has 0 heterocycles. The highest BCUT2D eigenvalue weighted by Gasteiger charge is 2.09. The van der Waals surface area contributed by atoms with Gasteiger partial charge in [0.25, 0.3) is 0 Å². The summed E-state index contributed by atoms with van der Waals surface area (Å²) < 4.78 is 30.6. The average molecular weight is 346 g/mol. The first kappa shape index (κ1) is 17.7. The van der Waals surface area contributed by atoms with E-state index in [0.717, 1.165) is 0 Å². The second-order valence-corrected chi connectivity index (χ2v) is 6.72. The molecule has 2 N–H and O–H groups in total. The summed E-state index contributed by atoms with van der Waals surface area (Å²) in [5.41, 5.74) is 1.34. The van der Waals surface area contributed by atoms with Gasteiger partial charge in [0, 0.05) is 17.8 Å². The number of sulfonamides is 1. The molecule has 126 valence electrons. The minimum absolute atomic E-state index is 0.169. The second-order valence-electron chi connectivity index (χ2n) is 4.83.